The van der Waals surface area contributed by atoms with Crippen LogP contribution in [0.5, 0.6) is 0 Å². The zero-order chi connectivity index (χ0) is 16.4. The van der Waals surface area contributed by atoms with Gasteiger partial charge >= 0.3 is 6.09 Å². The fourth-order valence-electron chi connectivity index (χ4n) is 2.14. The first-order chi connectivity index (χ1) is 9.60. The Hall–Kier alpha value is -2.16. The van der Waals surface area contributed by atoms with Gasteiger partial charge in [-0.15, -0.1) is 0 Å². The lowest BCUT2D eigenvalue weighted by molar-refractivity contribution is -0.143. The van der Waals surface area contributed by atoms with Crippen LogP contribution in [0.1, 0.15) is 34.6 Å². The average Bonchev–Trinajstić information content (AvgIpc) is 2.73. The molecule has 0 aromatic heterocycles. The molecule has 0 aromatic rings. The number of amides is 2. The normalized spacial score (nSPS) is 22.7. The molecule has 118 valence electrons. The smallest absolute Gasteiger partial charge is 0.433 e. The molecule has 1 atom stereocenters. The molecule has 0 aliphatic carbocycles. The summed E-state index contributed by atoms with van der Waals surface area (Å²) in [5.41, 5.74) is -0.430. The maximum absolute atomic E-state index is 12.3. The second kappa shape index (κ2) is 5.68. The Kier molecular flexibility index (Phi) is 4.57. The van der Waals surface area contributed by atoms with Gasteiger partial charge in [0.15, 0.2) is 0 Å². The fourth-order valence-corrected chi connectivity index (χ4v) is 2.14. The molecule has 0 spiro atoms. The molecule has 0 fully saturated rings. The van der Waals surface area contributed by atoms with Crippen LogP contribution in [-0.4, -0.2) is 50.9 Å². The topological polar surface area (TPSA) is 124 Å². The molecule has 1 rings (SSSR count). The molecule has 0 aromatic carbocycles. The molecular weight excluding hydrogens is 280 g/mol. The van der Waals surface area contributed by atoms with Gasteiger partial charge in [-0.2, -0.15) is 10.2 Å². The van der Waals surface area contributed by atoms with Crippen LogP contribution in [0.3, 0.4) is 0 Å². The molecule has 0 saturated carbocycles. The van der Waals surface area contributed by atoms with E-state index in [1.165, 1.54) is 6.92 Å². The van der Waals surface area contributed by atoms with Crippen molar-refractivity contribution < 1.29 is 24.7 Å². The van der Waals surface area contributed by atoms with Gasteiger partial charge in [-0.25, -0.2) is 10.2 Å². The summed E-state index contributed by atoms with van der Waals surface area (Å²) in [7, 11) is 0. The summed E-state index contributed by atoms with van der Waals surface area (Å²) in [5.74, 6) is -0.807. The number of rotatable bonds is 4. The highest BCUT2D eigenvalue weighted by Gasteiger charge is 2.60. The number of oxime groups is 1. The van der Waals surface area contributed by atoms with Crippen LogP contribution in [0.15, 0.2) is 10.3 Å². The summed E-state index contributed by atoms with van der Waals surface area (Å²) in [6.07, 6.45) is -1.70. The van der Waals surface area contributed by atoms with Crippen molar-refractivity contribution in [2.75, 3.05) is 6.61 Å². The van der Waals surface area contributed by atoms with Gasteiger partial charge in [-0.1, -0.05) is 25.9 Å². The van der Waals surface area contributed by atoms with Crippen molar-refractivity contribution in [3.05, 3.63) is 0 Å². The third kappa shape index (κ3) is 2.68. The molecule has 1 unspecified atom stereocenters. The first kappa shape index (κ1) is 16.9. The van der Waals surface area contributed by atoms with Gasteiger partial charge in [-0.3, -0.25) is 10.0 Å². The highest BCUT2D eigenvalue weighted by atomic mass is 16.6. The Morgan fingerprint density at radius 2 is 2.10 bits per heavy atom. The number of nitrogens with zero attached hydrogens (tertiary/aromatic N) is 3. The van der Waals surface area contributed by atoms with E-state index < -0.39 is 23.0 Å². The SMILES string of the molecule is CCON=C(C)C1(N(O)C(=O)O)C(=O)NN=C1C(C)(C)C. The third-order valence-electron chi connectivity index (χ3n) is 3.00. The molecule has 1 heterocycles. The number of carbonyl (C=O) groups is 2. The highest BCUT2D eigenvalue weighted by Crippen LogP contribution is 2.33. The van der Waals surface area contributed by atoms with E-state index in [9.17, 15) is 14.8 Å². The zero-order valence-corrected chi connectivity index (χ0v) is 12.7. The van der Waals surface area contributed by atoms with Crippen LogP contribution in [0.4, 0.5) is 4.79 Å². The lowest BCUT2D eigenvalue weighted by Gasteiger charge is -2.36. The van der Waals surface area contributed by atoms with E-state index in [0.717, 1.165) is 0 Å². The molecule has 9 nitrogen and oxygen atoms in total. The van der Waals surface area contributed by atoms with Crippen molar-refractivity contribution in [1.29, 1.82) is 0 Å². The molecule has 2 amide bonds. The summed E-state index contributed by atoms with van der Waals surface area (Å²) >= 11 is 0. The van der Waals surface area contributed by atoms with Gasteiger partial charge in [0.2, 0.25) is 5.54 Å². The largest absolute Gasteiger partial charge is 0.463 e. The predicted octanol–water partition coefficient (Wildman–Crippen LogP) is 1.04. The second-order valence-electron chi connectivity index (χ2n) is 5.55. The minimum absolute atomic E-state index is 0.0297. The molecule has 0 radical (unpaired) electrons. The molecule has 3 N–H and O–H groups in total. The van der Waals surface area contributed by atoms with E-state index in [2.05, 4.69) is 15.7 Å². The van der Waals surface area contributed by atoms with Gasteiger partial charge in [-0.05, 0) is 13.8 Å². The minimum atomic E-state index is -2.04. The summed E-state index contributed by atoms with van der Waals surface area (Å²) in [6.45, 7) is 8.54. The molecule has 0 saturated heterocycles. The number of hydrogen-bond acceptors (Lipinski definition) is 6. The second-order valence-corrected chi connectivity index (χ2v) is 5.55. The molecule has 1 aliphatic heterocycles. The summed E-state index contributed by atoms with van der Waals surface area (Å²) < 4.78 is 0. The molecule has 0 bridgehead atoms. The number of carbonyl (C=O) groups excluding carboxylic acids is 1. The Bertz CT molecular complexity index is 508. The van der Waals surface area contributed by atoms with Crippen molar-refractivity contribution >= 4 is 23.4 Å². The Balaban J connectivity index is 3.54. The summed E-state index contributed by atoms with van der Waals surface area (Å²) in [5, 5.41) is 26.7. The van der Waals surface area contributed by atoms with Gasteiger partial charge < -0.3 is 9.94 Å². The highest BCUT2D eigenvalue weighted by molar-refractivity contribution is 6.35. The zero-order valence-electron chi connectivity index (χ0n) is 12.7. The Labute approximate surface area is 122 Å². The van der Waals surface area contributed by atoms with Crippen molar-refractivity contribution in [3.8, 4) is 0 Å². The van der Waals surface area contributed by atoms with Crippen molar-refractivity contribution in [1.82, 2.24) is 10.5 Å². The van der Waals surface area contributed by atoms with Crippen LogP contribution in [0.25, 0.3) is 0 Å². The first-order valence-corrected chi connectivity index (χ1v) is 6.38. The van der Waals surface area contributed by atoms with Gasteiger partial charge in [0, 0.05) is 5.41 Å². The first-order valence-electron chi connectivity index (χ1n) is 6.38. The van der Waals surface area contributed by atoms with Crippen LogP contribution < -0.4 is 5.43 Å². The standard InChI is InChI=1S/C12H20N4O5/c1-6-21-15-7(2)12(16(20)10(18)19)8(11(3,4)5)13-14-9(12)17/h20H,6H2,1-5H3,(H,14,17)(H,18,19). The van der Waals surface area contributed by atoms with E-state index in [-0.39, 0.29) is 23.1 Å². The number of hydroxylamine groups is 2. The van der Waals surface area contributed by atoms with Crippen LogP contribution in [0, 0.1) is 5.41 Å². The van der Waals surface area contributed by atoms with Crippen molar-refractivity contribution in [3.63, 3.8) is 0 Å². The maximum atomic E-state index is 12.3. The number of hydrazone groups is 1. The monoisotopic (exact) mass is 300 g/mol. The molecule has 21 heavy (non-hydrogen) atoms. The number of nitrogens with one attached hydrogen (secondary N) is 1. The maximum Gasteiger partial charge on any atom is 0.433 e. The van der Waals surface area contributed by atoms with E-state index in [1.54, 1.807) is 27.7 Å². The summed E-state index contributed by atoms with van der Waals surface area (Å²) in [6, 6.07) is 0. The van der Waals surface area contributed by atoms with Crippen LogP contribution in [-0.2, 0) is 9.63 Å². The Morgan fingerprint density at radius 3 is 2.52 bits per heavy atom. The van der Waals surface area contributed by atoms with Crippen molar-refractivity contribution in [2.24, 2.45) is 15.7 Å². The van der Waals surface area contributed by atoms with Crippen LogP contribution >= 0.6 is 0 Å². The summed E-state index contributed by atoms with van der Waals surface area (Å²) in [4.78, 5) is 28.4. The lowest BCUT2D eigenvalue weighted by Crippen LogP contribution is -2.66. The molecular formula is C12H20N4O5. The van der Waals surface area contributed by atoms with E-state index >= 15 is 0 Å². The number of carboxylic acid groups (broad SMARTS) is 1. The molecule has 1 aliphatic rings. The van der Waals surface area contributed by atoms with Gasteiger partial charge in [0.1, 0.15) is 6.61 Å². The van der Waals surface area contributed by atoms with Crippen LogP contribution in [0.2, 0.25) is 0 Å². The quantitative estimate of drug-likeness (QED) is 0.406. The average molecular weight is 300 g/mol. The minimum Gasteiger partial charge on any atom is -0.463 e. The number of hydrogen-bond donors (Lipinski definition) is 3. The van der Waals surface area contributed by atoms with Gasteiger partial charge in [0.25, 0.3) is 5.91 Å². The fraction of sp³-hybridized carbons (Fsp3) is 0.667. The lowest BCUT2D eigenvalue weighted by atomic mass is 9.75. The van der Waals surface area contributed by atoms with E-state index in [4.69, 9.17) is 9.94 Å². The predicted molar refractivity (Wildman–Crippen MR) is 74.1 cm³/mol. The molecule has 9 heteroatoms. The van der Waals surface area contributed by atoms with E-state index in [0.29, 0.717) is 0 Å². The Morgan fingerprint density at radius 1 is 1.52 bits per heavy atom. The van der Waals surface area contributed by atoms with Gasteiger partial charge in [0.05, 0.1) is 11.4 Å². The van der Waals surface area contributed by atoms with Crippen molar-refractivity contribution in [2.45, 2.75) is 40.2 Å². The van der Waals surface area contributed by atoms with E-state index in [1.807, 2.05) is 0 Å². The third-order valence-corrected chi connectivity index (χ3v) is 3.00.